The second-order valence-electron chi connectivity index (χ2n) is 13.2. The zero-order valence-electron chi connectivity index (χ0n) is 31.7. The van der Waals surface area contributed by atoms with Crippen molar-refractivity contribution in [2.24, 2.45) is 0 Å². The van der Waals surface area contributed by atoms with E-state index in [-0.39, 0.29) is 35.1 Å². The highest BCUT2D eigenvalue weighted by Crippen LogP contribution is 2.44. The number of hydrogen-bond donors (Lipinski definition) is 0. The number of hydrogen-bond acceptors (Lipinski definition) is 5. The van der Waals surface area contributed by atoms with E-state index in [0.29, 0.717) is 5.56 Å². The molecule has 0 radical (unpaired) electrons. The van der Waals surface area contributed by atoms with Crippen LogP contribution in [0.5, 0.6) is 11.5 Å². The second-order valence-corrected chi connectivity index (χ2v) is 13.2. The predicted molar refractivity (Wildman–Crippen MR) is 186 cm³/mol. The van der Waals surface area contributed by atoms with Crippen molar-refractivity contribution in [2.45, 2.75) is 65.7 Å². The van der Waals surface area contributed by atoms with Crippen LogP contribution in [-0.4, -0.2) is 23.1 Å². The molecule has 0 spiro atoms. The Morgan fingerprint density at radius 1 is 0.778 bits per heavy atom. The van der Waals surface area contributed by atoms with Crippen LogP contribution in [0.2, 0.25) is 0 Å². The molecule has 0 saturated heterocycles. The topological polar surface area (TPSA) is 41.5 Å². The zero-order chi connectivity index (χ0) is 35.5. The smallest absolute Gasteiger partial charge is 0.133 e. The van der Waals surface area contributed by atoms with Gasteiger partial charge in [0.05, 0.1) is 6.85 Å². The van der Waals surface area contributed by atoms with E-state index in [4.69, 9.17) is 21.6 Å². The number of pyridine rings is 2. The van der Waals surface area contributed by atoms with Crippen LogP contribution in [0.15, 0.2) is 91.1 Å². The van der Waals surface area contributed by atoms with Gasteiger partial charge in [-0.05, 0) is 109 Å². The highest BCUT2D eigenvalue weighted by molar-refractivity contribution is 5.73. The minimum absolute atomic E-state index is 0.0794. The van der Waals surface area contributed by atoms with Crippen LogP contribution in [0.3, 0.4) is 0 Å². The normalized spacial score (nSPS) is 16.2. The van der Waals surface area contributed by atoms with Gasteiger partial charge in [0, 0.05) is 54.6 Å². The number of aryl methyl sites for hydroxylation is 3. The van der Waals surface area contributed by atoms with E-state index in [0.717, 1.165) is 78.8 Å². The number of nitrogens with zero attached hydrogens (tertiary/aromatic N) is 4. The van der Waals surface area contributed by atoms with Gasteiger partial charge >= 0.3 is 0 Å². The molecule has 45 heavy (non-hydrogen) atoms. The van der Waals surface area contributed by atoms with Crippen molar-refractivity contribution in [3.8, 4) is 22.6 Å². The number of rotatable bonds is 5. The summed E-state index contributed by atoms with van der Waals surface area (Å²) in [6.07, 6.45) is 7.48. The summed E-state index contributed by atoms with van der Waals surface area (Å²) >= 11 is 0. The Kier molecular flexibility index (Phi) is 6.16. The maximum absolute atomic E-state index is 8.46. The first kappa shape index (κ1) is 23.7. The van der Waals surface area contributed by atoms with Crippen molar-refractivity contribution in [3.63, 3.8) is 0 Å². The van der Waals surface area contributed by atoms with E-state index in [9.17, 15) is 0 Å². The predicted octanol–water partition coefficient (Wildman–Crippen LogP) is 10.0. The average Bonchev–Trinajstić information content (AvgIpc) is 3.09. The largest absolute Gasteiger partial charge is 0.457 e. The summed E-state index contributed by atoms with van der Waals surface area (Å²) in [4.78, 5) is 14.0. The molecule has 5 nitrogen and oxygen atoms in total. The summed E-state index contributed by atoms with van der Waals surface area (Å²) < 4.78 is 47.9. The molecule has 0 N–H and O–H groups in total. The molecule has 0 aliphatic carbocycles. The van der Waals surface area contributed by atoms with Gasteiger partial charge in [0.1, 0.15) is 23.1 Å². The Morgan fingerprint density at radius 3 is 2.27 bits per heavy atom. The molecule has 2 aromatic heterocycles. The van der Waals surface area contributed by atoms with Crippen LogP contribution in [0.1, 0.15) is 68.3 Å². The summed E-state index contributed by atoms with van der Waals surface area (Å²) in [6.45, 7) is 12.4. The van der Waals surface area contributed by atoms with Gasteiger partial charge in [0.2, 0.25) is 0 Å². The molecule has 5 aromatic rings. The Hall–Kier alpha value is -4.64. The first-order valence-electron chi connectivity index (χ1n) is 18.3. The monoisotopic (exact) mass is 599 g/mol. The second kappa shape index (κ2) is 11.7. The molecular formula is C40H42N4O. The van der Waals surface area contributed by atoms with Gasteiger partial charge in [-0.25, -0.2) is 9.97 Å². The lowest BCUT2D eigenvalue weighted by Gasteiger charge is -2.35. The number of ether oxygens (including phenoxy) is 1. The van der Waals surface area contributed by atoms with Gasteiger partial charge in [-0.15, -0.1) is 0 Å². The first-order chi connectivity index (χ1) is 23.8. The van der Waals surface area contributed by atoms with Crippen LogP contribution in [-0.2, 0) is 18.3 Å². The van der Waals surface area contributed by atoms with Gasteiger partial charge in [-0.3, -0.25) is 0 Å². The van der Waals surface area contributed by atoms with Gasteiger partial charge in [0.25, 0.3) is 0 Å². The Bertz CT molecular complexity index is 2120. The highest BCUT2D eigenvalue weighted by Gasteiger charge is 2.28. The zero-order valence-corrected chi connectivity index (χ0v) is 26.7. The van der Waals surface area contributed by atoms with E-state index in [1.165, 1.54) is 22.3 Å². The fourth-order valence-electron chi connectivity index (χ4n) is 6.63. The summed E-state index contributed by atoms with van der Waals surface area (Å²) in [5.74, 6) is 3.21. The Labute approximate surface area is 274 Å². The Balaban J connectivity index is 1.25. The summed E-state index contributed by atoms with van der Waals surface area (Å²) in [6, 6.07) is 15.2. The lowest BCUT2D eigenvalue weighted by atomic mass is 9.80. The minimum atomic E-state index is -0.403. The highest BCUT2D eigenvalue weighted by atomic mass is 16.5. The number of aromatic nitrogens is 2. The maximum atomic E-state index is 8.46. The molecule has 0 amide bonds. The number of benzene rings is 3. The van der Waals surface area contributed by atoms with E-state index in [1.807, 2.05) is 31.3 Å². The molecule has 0 atom stereocenters. The third-order valence-electron chi connectivity index (χ3n) is 8.84. The fraction of sp³-hybridized carbons (Fsp3) is 0.300. The number of fused-ring (bicyclic) bond motifs is 2. The van der Waals surface area contributed by atoms with Crippen LogP contribution < -0.4 is 14.5 Å². The molecule has 4 heterocycles. The summed E-state index contributed by atoms with van der Waals surface area (Å²) in [5.41, 5.74) is 8.58. The molecule has 3 aromatic carbocycles. The molecule has 0 bridgehead atoms. The summed E-state index contributed by atoms with van der Waals surface area (Å²) in [7, 11) is 0. The van der Waals surface area contributed by atoms with Crippen LogP contribution in [0, 0.1) is 13.8 Å². The molecule has 2 aliphatic heterocycles. The van der Waals surface area contributed by atoms with E-state index < -0.39 is 6.04 Å². The van der Waals surface area contributed by atoms with Crippen LogP contribution in [0.25, 0.3) is 11.1 Å². The Morgan fingerprint density at radius 2 is 1.51 bits per heavy atom. The average molecular weight is 600 g/mol. The molecule has 0 unspecified atom stereocenters. The van der Waals surface area contributed by atoms with Crippen molar-refractivity contribution in [3.05, 3.63) is 119 Å². The fourth-order valence-corrected chi connectivity index (χ4v) is 6.63. The van der Waals surface area contributed by atoms with E-state index >= 15 is 0 Å². The van der Waals surface area contributed by atoms with Crippen molar-refractivity contribution in [1.29, 1.82) is 0 Å². The van der Waals surface area contributed by atoms with Crippen LogP contribution >= 0.6 is 0 Å². The van der Waals surface area contributed by atoms with Crippen molar-refractivity contribution in [2.75, 3.05) is 22.9 Å². The molecular weight excluding hydrogens is 552 g/mol. The van der Waals surface area contributed by atoms with Gasteiger partial charge < -0.3 is 14.5 Å². The van der Waals surface area contributed by atoms with E-state index in [2.05, 4.69) is 67.8 Å². The van der Waals surface area contributed by atoms with Gasteiger partial charge in [-0.2, -0.15) is 0 Å². The molecule has 2 aliphatic rings. The first-order valence-corrected chi connectivity index (χ1v) is 15.8. The SMILES string of the molecule is [2H]c1c([2H])c([2H])c(-c2cnc(N3CCCc4ccc(Oc5cc6c(c(C(C)(C)C)c5)CCCN6c5cc(C)ccn5)cc43)cc2C)c([2H])c1[2H]. The molecule has 228 valence electrons. The molecule has 7 rings (SSSR count). The quantitative estimate of drug-likeness (QED) is 0.201. The van der Waals surface area contributed by atoms with Crippen molar-refractivity contribution >= 4 is 23.0 Å². The lowest BCUT2D eigenvalue weighted by Crippen LogP contribution is -2.28. The standard InChI is InChI=1S/C40H42N4O/c1-27-17-18-41-38(21-27)44-20-10-14-33-35(40(3,4)5)23-32(25-37(33)44)45-31-16-15-30-13-9-19-43(36(30)24-31)39-22-28(2)34(26-42-39)29-11-7-6-8-12-29/h6-8,11-12,15-18,21-26H,9-10,13-14,19-20H2,1-5H3/i6D,7D,8D,11D,12D. The molecule has 5 heteroatoms. The third-order valence-corrected chi connectivity index (χ3v) is 8.84. The lowest BCUT2D eigenvalue weighted by molar-refractivity contribution is 0.476. The van der Waals surface area contributed by atoms with Crippen molar-refractivity contribution in [1.82, 2.24) is 9.97 Å². The van der Waals surface area contributed by atoms with Gasteiger partial charge in [-0.1, -0.05) is 57.0 Å². The minimum Gasteiger partial charge on any atom is -0.457 e. The maximum Gasteiger partial charge on any atom is 0.133 e. The van der Waals surface area contributed by atoms with Crippen molar-refractivity contribution < 1.29 is 11.6 Å². The summed E-state index contributed by atoms with van der Waals surface area (Å²) in [5, 5.41) is 0. The van der Waals surface area contributed by atoms with E-state index in [1.54, 1.807) is 6.20 Å². The van der Waals surface area contributed by atoms with Gasteiger partial charge in [0.15, 0.2) is 0 Å². The molecule has 0 saturated carbocycles. The van der Waals surface area contributed by atoms with Crippen LogP contribution in [0.4, 0.5) is 23.0 Å². The number of anilines is 4. The molecule has 0 fully saturated rings. The third kappa shape index (κ3) is 5.80.